The van der Waals surface area contributed by atoms with Crippen molar-refractivity contribution in [2.24, 2.45) is 0 Å². The third-order valence-corrected chi connectivity index (χ3v) is 2.97. The first-order valence-corrected chi connectivity index (χ1v) is 5.96. The highest BCUT2D eigenvalue weighted by molar-refractivity contribution is 5.75. The molecule has 0 heterocycles. The fourth-order valence-corrected chi connectivity index (χ4v) is 1.64. The van der Waals surface area contributed by atoms with Gasteiger partial charge in [-0.1, -0.05) is 23.8 Å². The van der Waals surface area contributed by atoms with E-state index in [9.17, 15) is 15.0 Å². The summed E-state index contributed by atoms with van der Waals surface area (Å²) in [4.78, 5) is 11.3. The lowest BCUT2D eigenvalue weighted by atomic mass is 10.0. The van der Waals surface area contributed by atoms with E-state index in [4.69, 9.17) is 4.74 Å². The predicted octanol–water partition coefficient (Wildman–Crippen LogP) is 2.22. The molecule has 0 fully saturated rings. The SMILES string of the molecule is Cc1ccc(C)c(C(OC(C)C(C)O)C(=O)O)c1. The Morgan fingerprint density at radius 2 is 1.89 bits per heavy atom. The van der Waals surface area contributed by atoms with Crippen molar-refractivity contribution in [1.29, 1.82) is 0 Å². The van der Waals surface area contributed by atoms with Gasteiger partial charge in [-0.05, 0) is 38.8 Å². The summed E-state index contributed by atoms with van der Waals surface area (Å²) in [6, 6.07) is 5.61. The van der Waals surface area contributed by atoms with Crippen molar-refractivity contribution in [3.8, 4) is 0 Å². The lowest BCUT2D eigenvalue weighted by molar-refractivity contribution is -0.158. The van der Waals surface area contributed by atoms with E-state index in [1.54, 1.807) is 13.8 Å². The monoisotopic (exact) mass is 252 g/mol. The maximum absolute atomic E-state index is 11.3. The molecule has 0 saturated carbocycles. The molecular weight excluding hydrogens is 232 g/mol. The van der Waals surface area contributed by atoms with E-state index in [1.807, 2.05) is 32.0 Å². The molecule has 0 radical (unpaired) electrons. The van der Waals surface area contributed by atoms with E-state index in [2.05, 4.69) is 0 Å². The van der Waals surface area contributed by atoms with E-state index in [-0.39, 0.29) is 0 Å². The maximum Gasteiger partial charge on any atom is 0.337 e. The minimum atomic E-state index is -1.05. The Morgan fingerprint density at radius 1 is 1.28 bits per heavy atom. The smallest absolute Gasteiger partial charge is 0.337 e. The van der Waals surface area contributed by atoms with Crippen LogP contribution in [0.1, 0.15) is 36.6 Å². The molecular formula is C14H20O4. The van der Waals surface area contributed by atoms with Gasteiger partial charge in [0.2, 0.25) is 0 Å². The Labute approximate surface area is 107 Å². The Balaban J connectivity index is 3.05. The molecule has 0 amide bonds. The predicted molar refractivity (Wildman–Crippen MR) is 68.5 cm³/mol. The first kappa shape index (κ1) is 14.7. The van der Waals surface area contributed by atoms with Crippen LogP contribution >= 0.6 is 0 Å². The van der Waals surface area contributed by atoms with E-state index in [1.165, 1.54) is 0 Å². The molecule has 0 aliphatic heterocycles. The normalized spacial score (nSPS) is 16.1. The second kappa shape index (κ2) is 5.98. The third-order valence-electron chi connectivity index (χ3n) is 2.97. The molecule has 4 nitrogen and oxygen atoms in total. The summed E-state index contributed by atoms with van der Waals surface area (Å²) in [5, 5.41) is 18.7. The fourth-order valence-electron chi connectivity index (χ4n) is 1.64. The number of aryl methyl sites for hydroxylation is 2. The van der Waals surface area contributed by atoms with Crippen LogP contribution in [-0.2, 0) is 9.53 Å². The van der Waals surface area contributed by atoms with Crippen molar-refractivity contribution >= 4 is 5.97 Å². The number of hydrogen-bond acceptors (Lipinski definition) is 3. The molecule has 1 aromatic carbocycles. The summed E-state index contributed by atoms with van der Waals surface area (Å²) in [5.41, 5.74) is 2.48. The summed E-state index contributed by atoms with van der Waals surface area (Å²) in [6.45, 7) is 6.99. The Hall–Kier alpha value is -1.39. The van der Waals surface area contributed by atoms with Gasteiger partial charge in [0, 0.05) is 0 Å². The molecule has 3 unspecified atom stereocenters. The fraction of sp³-hybridized carbons (Fsp3) is 0.500. The number of benzene rings is 1. The zero-order chi connectivity index (χ0) is 13.9. The second-order valence-electron chi connectivity index (χ2n) is 4.66. The highest BCUT2D eigenvalue weighted by Crippen LogP contribution is 2.25. The molecule has 18 heavy (non-hydrogen) atoms. The zero-order valence-electron chi connectivity index (χ0n) is 11.2. The molecule has 1 rings (SSSR count). The number of hydrogen-bond donors (Lipinski definition) is 2. The van der Waals surface area contributed by atoms with Crippen molar-refractivity contribution in [3.05, 3.63) is 34.9 Å². The minimum Gasteiger partial charge on any atom is -0.479 e. The lowest BCUT2D eigenvalue weighted by Gasteiger charge is -2.23. The lowest BCUT2D eigenvalue weighted by Crippen LogP contribution is -2.28. The minimum absolute atomic E-state index is 0.536. The summed E-state index contributed by atoms with van der Waals surface area (Å²) in [6.07, 6.45) is -2.29. The number of aliphatic hydroxyl groups is 1. The molecule has 0 aromatic heterocycles. The number of aliphatic carboxylic acids is 1. The number of carbonyl (C=O) groups is 1. The summed E-state index contributed by atoms with van der Waals surface area (Å²) >= 11 is 0. The van der Waals surface area contributed by atoms with Crippen molar-refractivity contribution in [2.75, 3.05) is 0 Å². The van der Waals surface area contributed by atoms with Gasteiger partial charge in [-0.2, -0.15) is 0 Å². The Morgan fingerprint density at radius 3 is 2.39 bits per heavy atom. The van der Waals surface area contributed by atoms with Crippen LogP contribution in [0, 0.1) is 13.8 Å². The van der Waals surface area contributed by atoms with Gasteiger partial charge in [-0.15, -0.1) is 0 Å². The molecule has 0 aliphatic carbocycles. The topological polar surface area (TPSA) is 66.8 Å². The third kappa shape index (κ3) is 3.55. The summed E-state index contributed by atoms with van der Waals surface area (Å²) in [7, 11) is 0. The first-order valence-electron chi connectivity index (χ1n) is 5.96. The Kier molecular flexibility index (Phi) is 4.87. The molecule has 0 spiro atoms. The quantitative estimate of drug-likeness (QED) is 0.843. The van der Waals surface area contributed by atoms with Gasteiger partial charge in [0.15, 0.2) is 6.10 Å². The van der Waals surface area contributed by atoms with E-state index >= 15 is 0 Å². The number of ether oxygens (including phenoxy) is 1. The summed E-state index contributed by atoms with van der Waals surface area (Å²) < 4.78 is 5.45. The van der Waals surface area contributed by atoms with Gasteiger partial charge < -0.3 is 14.9 Å². The van der Waals surface area contributed by atoms with E-state index < -0.39 is 24.3 Å². The largest absolute Gasteiger partial charge is 0.479 e. The van der Waals surface area contributed by atoms with E-state index in [0.29, 0.717) is 5.56 Å². The van der Waals surface area contributed by atoms with E-state index in [0.717, 1.165) is 11.1 Å². The van der Waals surface area contributed by atoms with Crippen LogP contribution in [0.25, 0.3) is 0 Å². The average molecular weight is 252 g/mol. The molecule has 100 valence electrons. The van der Waals surface area contributed by atoms with Crippen LogP contribution in [-0.4, -0.2) is 28.4 Å². The van der Waals surface area contributed by atoms with Gasteiger partial charge in [0.1, 0.15) is 0 Å². The van der Waals surface area contributed by atoms with Crippen molar-refractivity contribution in [3.63, 3.8) is 0 Å². The summed E-state index contributed by atoms with van der Waals surface area (Å²) in [5.74, 6) is -1.05. The maximum atomic E-state index is 11.3. The average Bonchev–Trinajstić information content (AvgIpc) is 2.28. The van der Waals surface area contributed by atoms with Gasteiger partial charge in [-0.25, -0.2) is 4.79 Å². The van der Waals surface area contributed by atoms with Crippen LogP contribution in [0.5, 0.6) is 0 Å². The highest BCUT2D eigenvalue weighted by Gasteiger charge is 2.26. The van der Waals surface area contributed by atoms with Gasteiger partial charge in [0.05, 0.1) is 12.2 Å². The van der Waals surface area contributed by atoms with Crippen LogP contribution in [0.2, 0.25) is 0 Å². The number of carboxylic acids is 1. The van der Waals surface area contributed by atoms with Crippen molar-refractivity contribution in [2.45, 2.75) is 46.0 Å². The molecule has 2 N–H and O–H groups in total. The standard InChI is InChI=1S/C14H20O4/c1-8-5-6-9(2)12(7-8)13(14(16)17)18-11(4)10(3)15/h5-7,10-11,13,15H,1-4H3,(H,16,17). The molecule has 0 saturated heterocycles. The molecule has 3 atom stereocenters. The molecule has 0 bridgehead atoms. The van der Waals surface area contributed by atoms with Crippen LogP contribution in [0.15, 0.2) is 18.2 Å². The highest BCUT2D eigenvalue weighted by atomic mass is 16.5. The number of carboxylic acid groups (broad SMARTS) is 1. The van der Waals surface area contributed by atoms with Crippen LogP contribution in [0.3, 0.4) is 0 Å². The molecule has 0 aliphatic rings. The molecule has 4 heteroatoms. The Bertz CT molecular complexity index is 426. The van der Waals surface area contributed by atoms with Crippen LogP contribution in [0.4, 0.5) is 0 Å². The van der Waals surface area contributed by atoms with Gasteiger partial charge in [0.25, 0.3) is 0 Å². The van der Waals surface area contributed by atoms with Gasteiger partial charge >= 0.3 is 5.97 Å². The molecule has 1 aromatic rings. The van der Waals surface area contributed by atoms with Gasteiger partial charge in [-0.3, -0.25) is 0 Å². The van der Waals surface area contributed by atoms with Crippen molar-refractivity contribution < 1.29 is 19.7 Å². The van der Waals surface area contributed by atoms with Crippen LogP contribution < -0.4 is 0 Å². The number of aliphatic hydroxyl groups excluding tert-OH is 1. The van der Waals surface area contributed by atoms with Crippen molar-refractivity contribution in [1.82, 2.24) is 0 Å². The zero-order valence-corrected chi connectivity index (χ0v) is 11.2. The number of rotatable bonds is 5. The second-order valence-corrected chi connectivity index (χ2v) is 4.66. The first-order chi connectivity index (χ1) is 8.32.